The number of para-hydroxylation sites is 2. The number of nitrogens with one attached hydrogen (secondary N) is 1. The van der Waals surface area contributed by atoms with Crippen LogP contribution in [-0.4, -0.2) is 28.7 Å². The maximum absolute atomic E-state index is 14.4. The first kappa shape index (κ1) is 28.9. The highest BCUT2D eigenvalue weighted by atomic mass is 16.3. The van der Waals surface area contributed by atoms with Crippen molar-refractivity contribution in [1.29, 1.82) is 0 Å². The van der Waals surface area contributed by atoms with E-state index < -0.39 is 35.0 Å². The van der Waals surface area contributed by atoms with Crippen molar-refractivity contribution < 1.29 is 24.3 Å². The van der Waals surface area contributed by atoms with E-state index >= 15 is 0 Å². The fourth-order valence-corrected chi connectivity index (χ4v) is 8.52. The molecule has 0 bridgehead atoms. The van der Waals surface area contributed by atoms with Crippen molar-refractivity contribution in [2.75, 3.05) is 15.1 Å². The summed E-state index contributed by atoms with van der Waals surface area (Å²) in [4.78, 5) is 59.5. The molecule has 4 aliphatic rings. The van der Waals surface area contributed by atoms with E-state index in [9.17, 15) is 24.3 Å². The molecule has 4 aromatic carbocycles. The van der Waals surface area contributed by atoms with Crippen LogP contribution < -0.4 is 15.1 Å². The molecular weight excluding hydrogens is 590 g/mol. The third-order valence-corrected chi connectivity index (χ3v) is 10.7. The van der Waals surface area contributed by atoms with Gasteiger partial charge in [0.05, 0.1) is 34.5 Å². The molecule has 2 N–H and O–H groups in total. The second kappa shape index (κ2) is 10.8. The Bertz CT molecular complexity index is 1940. The van der Waals surface area contributed by atoms with Gasteiger partial charge in [0.1, 0.15) is 5.75 Å². The number of amides is 4. The van der Waals surface area contributed by atoms with Gasteiger partial charge >= 0.3 is 0 Å². The molecule has 2 aliphatic carbocycles. The maximum atomic E-state index is 14.4. The Balaban J connectivity index is 1.16. The summed E-state index contributed by atoms with van der Waals surface area (Å²) < 4.78 is 0. The Kier molecular flexibility index (Phi) is 6.65. The molecule has 6 unspecified atom stereocenters. The molecule has 4 amide bonds. The van der Waals surface area contributed by atoms with E-state index in [1.165, 1.54) is 9.80 Å². The Labute approximate surface area is 272 Å². The van der Waals surface area contributed by atoms with Crippen molar-refractivity contribution in [2.24, 2.45) is 29.1 Å². The van der Waals surface area contributed by atoms with E-state index in [4.69, 9.17) is 0 Å². The standard InChI is InChI=1S/C39H33N3O5/c1-39-32(36(45)42(38(39)47)26-10-6-3-7-11-26)22-31-29(34(39)23-12-18-28(43)19-13-23)20-21-30-33(31)37(46)41(35(30)44)27-16-14-25(15-17-27)40-24-8-4-2-5-9-24/h2-20,30-34,40,43H,21-22H2,1H3. The van der Waals surface area contributed by atoms with Crippen molar-refractivity contribution >= 4 is 46.4 Å². The van der Waals surface area contributed by atoms with Gasteiger partial charge in [-0.25, -0.2) is 4.90 Å². The molecule has 8 nitrogen and oxygen atoms in total. The number of rotatable bonds is 5. The Morgan fingerprint density at radius 1 is 0.681 bits per heavy atom. The molecule has 4 aromatic rings. The average Bonchev–Trinajstić information content (AvgIpc) is 3.46. The van der Waals surface area contributed by atoms with Crippen molar-refractivity contribution in [3.8, 4) is 5.75 Å². The number of hydrogen-bond acceptors (Lipinski definition) is 6. The lowest BCUT2D eigenvalue weighted by molar-refractivity contribution is -0.131. The quantitative estimate of drug-likeness (QED) is 0.192. The van der Waals surface area contributed by atoms with E-state index in [0.717, 1.165) is 22.5 Å². The van der Waals surface area contributed by atoms with E-state index in [0.29, 0.717) is 24.2 Å². The van der Waals surface area contributed by atoms with E-state index in [1.54, 1.807) is 60.7 Å². The van der Waals surface area contributed by atoms with Gasteiger partial charge in [-0.3, -0.25) is 24.1 Å². The van der Waals surface area contributed by atoms with Gasteiger partial charge in [0.2, 0.25) is 23.6 Å². The van der Waals surface area contributed by atoms with Gasteiger partial charge in [-0.05, 0) is 91.9 Å². The molecule has 1 saturated carbocycles. The van der Waals surface area contributed by atoms with Gasteiger partial charge < -0.3 is 10.4 Å². The zero-order valence-electron chi connectivity index (χ0n) is 25.7. The monoisotopic (exact) mass is 623 g/mol. The normalized spacial score (nSPS) is 28.1. The summed E-state index contributed by atoms with van der Waals surface area (Å²) in [6.07, 6.45) is 2.69. The SMILES string of the molecule is CC12C(=O)N(c3ccccc3)C(=O)C1CC1C(=CCC3C(=O)N(c4ccc(Nc5ccccc5)cc4)C(=O)C31)C2c1ccc(O)cc1. The van der Waals surface area contributed by atoms with Crippen molar-refractivity contribution in [3.63, 3.8) is 0 Å². The van der Waals surface area contributed by atoms with E-state index in [-0.39, 0.29) is 29.4 Å². The molecule has 234 valence electrons. The van der Waals surface area contributed by atoms with Crippen LogP contribution in [0.3, 0.4) is 0 Å². The zero-order chi connectivity index (χ0) is 32.4. The summed E-state index contributed by atoms with van der Waals surface area (Å²) >= 11 is 0. The van der Waals surface area contributed by atoms with Gasteiger partial charge in [-0.2, -0.15) is 0 Å². The minimum absolute atomic E-state index is 0.0948. The highest BCUT2D eigenvalue weighted by Gasteiger charge is 2.67. The first-order valence-corrected chi connectivity index (χ1v) is 16.0. The van der Waals surface area contributed by atoms with Crippen LogP contribution >= 0.6 is 0 Å². The Morgan fingerprint density at radius 2 is 1.30 bits per heavy atom. The molecule has 0 radical (unpaired) electrons. The third kappa shape index (κ3) is 4.35. The van der Waals surface area contributed by atoms with E-state index in [2.05, 4.69) is 5.32 Å². The summed E-state index contributed by atoms with van der Waals surface area (Å²) in [7, 11) is 0. The molecule has 2 heterocycles. The number of phenols is 1. The van der Waals surface area contributed by atoms with Crippen molar-refractivity contribution in [1.82, 2.24) is 0 Å². The molecule has 2 aliphatic heterocycles. The van der Waals surface area contributed by atoms with Gasteiger partial charge in [0.15, 0.2) is 0 Å². The van der Waals surface area contributed by atoms with Crippen LogP contribution in [-0.2, 0) is 19.2 Å². The molecule has 0 aromatic heterocycles. The van der Waals surface area contributed by atoms with Crippen LogP contribution in [0.15, 0.2) is 121 Å². The van der Waals surface area contributed by atoms with Gasteiger partial charge in [-0.1, -0.05) is 60.2 Å². The minimum atomic E-state index is -1.12. The summed E-state index contributed by atoms with van der Waals surface area (Å²) in [5.74, 6) is -3.81. The number of allylic oxidation sites excluding steroid dienone is 2. The van der Waals surface area contributed by atoms with Crippen LogP contribution in [0.25, 0.3) is 0 Å². The predicted octanol–water partition coefficient (Wildman–Crippen LogP) is 6.57. The Hall–Kier alpha value is -5.50. The second-order valence-corrected chi connectivity index (χ2v) is 13.1. The second-order valence-electron chi connectivity index (χ2n) is 13.1. The molecule has 2 saturated heterocycles. The van der Waals surface area contributed by atoms with Crippen molar-refractivity contribution in [3.05, 3.63) is 126 Å². The number of phenolic OH excluding ortho intramolecular Hbond substituents is 1. The highest BCUT2D eigenvalue weighted by molar-refractivity contribution is 6.25. The summed E-state index contributed by atoms with van der Waals surface area (Å²) in [5, 5.41) is 13.4. The smallest absolute Gasteiger partial charge is 0.241 e. The minimum Gasteiger partial charge on any atom is -0.508 e. The van der Waals surface area contributed by atoms with E-state index in [1.807, 2.05) is 61.5 Å². The fraction of sp³-hybridized carbons (Fsp3) is 0.231. The lowest BCUT2D eigenvalue weighted by Gasteiger charge is -2.49. The molecule has 3 fully saturated rings. The first-order chi connectivity index (χ1) is 22.8. The molecule has 8 heteroatoms. The van der Waals surface area contributed by atoms with Crippen LogP contribution in [0.5, 0.6) is 5.75 Å². The number of benzene rings is 4. The number of aromatic hydroxyl groups is 1. The largest absolute Gasteiger partial charge is 0.508 e. The molecule has 47 heavy (non-hydrogen) atoms. The van der Waals surface area contributed by atoms with Crippen LogP contribution in [0.4, 0.5) is 22.7 Å². The fourth-order valence-electron chi connectivity index (χ4n) is 8.52. The third-order valence-electron chi connectivity index (χ3n) is 10.7. The summed E-state index contributed by atoms with van der Waals surface area (Å²) in [5.41, 5.74) is 3.36. The number of fused-ring (bicyclic) bond motifs is 4. The lowest BCUT2D eigenvalue weighted by atomic mass is 9.51. The van der Waals surface area contributed by atoms with Gasteiger partial charge in [0.25, 0.3) is 0 Å². The Morgan fingerprint density at radius 3 is 1.98 bits per heavy atom. The lowest BCUT2D eigenvalue weighted by Crippen LogP contribution is -2.48. The molecule has 0 spiro atoms. The number of carbonyl (C=O) groups is 4. The maximum Gasteiger partial charge on any atom is 0.241 e. The van der Waals surface area contributed by atoms with Crippen LogP contribution in [0.2, 0.25) is 0 Å². The number of nitrogens with zero attached hydrogens (tertiary/aromatic N) is 2. The predicted molar refractivity (Wildman–Crippen MR) is 178 cm³/mol. The van der Waals surface area contributed by atoms with Crippen molar-refractivity contribution in [2.45, 2.75) is 25.7 Å². The highest BCUT2D eigenvalue weighted by Crippen LogP contribution is 2.63. The first-order valence-electron chi connectivity index (χ1n) is 16.0. The average molecular weight is 624 g/mol. The van der Waals surface area contributed by atoms with Crippen LogP contribution in [0, 0.1) is 29.1 Å². The number of hydrogen-bond donors (Lipinski definition) is 2. The molecule has 8 rings (SSSR count). The number of carbonyl (C=O) groups excluding carboxylic acids is 4. The summed E-state index contributed by atoms with van der Waals surface area (Å²) in [6, 6.07) is 32.7. The molecular formula is C39H33N3O5. The number of imide groups is 2. The number of anilines is 4. The van der Waals surface area contributed by atoms with Gasteiger partial charge in [-0.15, -0.1) is 0 Å². The summed E-state index contributed by atoms with van der Waals surface area (Å²) in [6.45, 7) is 1.86. The van der Waals surface area contributed by atoms with Gasteiger partial charge in [0, 0.05) is 17.3 Å². The van der Waals surface area contributed by atoms with Crippen LogP contribution in [0.1, 0.15) is 31.2 Å². The zero-order valence-corrected chi connectivity index (χ0v) is 25.7. The topological polar surface area (TPSA) is 107 Å². The molecule has 6 atom stereocenters.